The Morgan fingerprint density at radius 1 is 1.20 bits per heavy atom. The number of esters is 1. The molecule has 0 saturated heterocycles. The molecule has 0 saturated carbocycles. The van der Waals surface area contributed by atoms with Crippen molar-refractivity contribution in [3.63, 3.8) is 0 Å². The van der Waals surface area contributed by atoms with Gasteiger partial charge in [0, 0.05) is 10.9 Å². The molecule has 1 aliphatic carbocycles. The van der Waals surface area contributed by atoms with E-state index < -0.39 is 11.9 Å². The molecule has 35 heavy (non-hydrogen) atoms. The highest BCUT2D eigenvalue weighted by molar-refractivity contribution is 7.17. The van der Waals surface area contributed by atoms with Crippen LogP contribution in [0.15, 0.2) is 47.3 Å². The van der Waals surface area contributed by atoms with Crippen LogP contribution in [0.3, 0.4) is 0 Å². The second kappa shape index (κ2) is 10.9. The van der Waals surface area contributed by atoms with Gasteiger partial charge in [0.05, 0.1) is 18.2 Å². The van der Waals surface area contributed by atoms with Crippen molar-refractivity contribution in [2.24, 2.45) is 5.92 Å². The summed E-state index contributed by atoms with van der Waals surface area (Å²) >= 11 is 1.41. The summed E-state index contributed by atoms with van der Waals surface area (Å²) < 4.78 is 12.3. The molecule has 8 nitrogen and oxygen atoms in total. The lowest BCUT2D eigenvalue weighted by Gasteiger charge is -2.18. The molecule has 2 aromatic heterocycles. The third kappa shape index (κ3) is 5.97. The normalized spacial score (nSPS) is 14.9. The molecule has 9 heteroatoms. The molecule has 4 rings (SSSR count). The SMILES string of the molecule is CC(C)OC(=O)c1c(NC(=O)c2ccc(=O)n(CCOc3ccccc3)n2)sc2c1CC[C@@H](C)C2. The summed E-state index contributed by atoms with van der Waals surface area (Å²) in [6, 6.07) is 11.9. The Bertz CT molecular complexity index is 1270. The molecule has 0 spiro atoms. The van der Waals surface area contributed by atoms with Gasteiger partial charge in [0.25, 0.3) is 11.5 Å². The first-order valence-corrected chi connectivity index (χ1v) is 12.6. The molecule has 1 atom stereocenters. The third-order valence-corrected chi connectivity index (χ3v) is 6.87. The summed E-state index contributed by atoms with van der Waals surface area (Å²) in [6.07, 6.45) is 2.35. The molecule has 2 heterocycles. The first-order chi connectivity index (χ1) is 16.8. The largest absolute Gasteiger partial charge is 0.492 e. The van der Waals surface area contributed by atoms with E-state index in [0.29, 0.717) is 22.2 Å². The van der Waals surface area contributed by atoms with Crippen LogP contribution in [0.25, 0.3) is 0 Å². The summed E-state index contributed by atoms with van der Waals surface area (Å²) in [4.78, 5) is 39.3. The van der Waals surface area contributed by atoms with Crippen LogP contribution in [-0.2, 0) is 24.1 Å². The number of aromatic nitrogens is 2. The zero-order chi connectivity index (χ0) is 24.9. The number of carbonyl (C=O) groups is 2. The number of hydrogen-bond acceptors (Lipinski definition) is 7. The van der Waals surface area contributed by atoms with Gasteiger partial charge in [-0.25, -0.2) is 9.48 Å². The van der Waals surface area contributed by atoms with E-state index >= 15 is 0 Å². The zero-order valence-electron chi connectivity index (χ0n) is 20.1. The number of fused-ring (bicyclic) bond motifs is 1. The molecule has 3 aromatic rings. The zero-order valence-corrected chi connectivity index (χ0v) is 20.9. The molecule has 184 valence electrons. The molecule has 0 fully saturated rings. The van der Waals surface area contributed by atoms with Crippen LogP contribution in [0.1, 0.15) is 58.5 Å². The van der Waals surface area contributed by atoms with Crippen molar-refractivity contribution in [3.05, 3.63) is 74.5 Å². The lowest BCUT2D eigenvalue weighted by molar-refractivity contribution is 0.0378. The highest BCUT2D eigenvalue weighted by Crippen LogP contribution is 2.40. The Hall–Kier alpha value is -3.46. The number of para-hydroxylation sites is 1. The maximum atomic E-state index is 13.1. The summed E-state index contributed by atoms with van der Waals surface area (Å²) in [5.74, 6) is 0.277. The van der Waals surface area contributed by atoms with E-state index in [1.165, 1.54) is 28.2 Å². The van der Waals surface area contributed by atoms with Crippen molar-refractivity contribution in [1.82, 2.24) is 9.78 Å². The predicted molar refractivity (Wildman–Crippen MR) is 134 cm³/mol. The van der Waals surface area contributed by atoms with Gasteiger partial charge < -0.3 is 14.8 Å². The van der Waals surface area contributed by atoms with Gasteiger partial charge in [-0.1, -0.05) is 25.1 Å². The molecule has 1 aromatic carbocycles. The Balaban J connectivity index is 1.53. The van der Waals surface area contributed by atoms with Gasteiger partial charge in [0.2, 0.25) is 0 Å². The second-order valence-electron chi connectivity index (χ2n) is 8.91. The van der Waals surface area contributed by atoms with E-state index in [9.17, 15) is 14.4 Å². The van der Waals surface area contributed by atoms with Gasteiger partial charge in [0.15, 0.2) is 0 Å². The van der Waals surface area contributed by atoms with Crippen LogP contribution in [0.4, 0.5) is 5.00 Å². The number of carbonyl (C=O) groups excluding carboxylic acids is 2. The third-order valence-electron chi connectivity index (χ3n) is 5.70. The van der Waals surface area contributed by atoms with Crippen LogP contribution in [0.2, 0.25) is 0 Å². The molecule has 0 bridgehead atoms. The molecule has 1 N–H and O–H groups in total. The van der Waals surface area contributed by atoms with E-state index in [1.54, 1.807) is 13.8 Å². The van der Waals surface area contributed by atoms with Crippen molar-refractivity contribution in [1.29, 1.82) is 0 Å². The highest BCUT2D eigenvalue weighted by Gasteiger charge is 2.30. The topological polar surface area (TPSA) is 99.5 Å². The van der Waals surface area contributed by atoms with Crippen molar-refractivity contribution in [2.75, 3.05) is 11.9 Å². The fourth-order valence-electron chi connectivity index (χ4n) is 3.99. The lowest BCUT2D eigenvalue weighted by Crippen LogP contribution is -2.28. The van der Waals surface area contributed by atoms with Gasteiger partial charge in [0.1, 0.15) is 23.1 Å². The number of ether oxygens (including phenoxy) is 2. The van der Waals surface area contributed by atoms with Crippen molar-refractivity contribution in [2.45, 2.75) is 52.7 Å². The number of anilines is 1. The summed E-state index contributed by atoms with van der Waals surface area (Å²) in [7, 11) is 0. The number of amides is 1. The fraction of sp³-hybridized carbons (Fsp3) is 0.385. The van der Waals surface area contributed by atoms with E-state index in [-0.39, 0.29) is 30.5 Å². The quantitative estimate of drug-likeness (QED) is 0.467. The van der Waals surface area contributed by atoms with Crippen LogP contribution in [0, 0.1) is 5.92 Å². The molecule has 1 amide bonds. The van der Waals surface area contributed by atoms with Crippen LogP contribution in [0.5, 0.6) is 5.75 Å². The molecule has 0 aliphatic heterocycles. The number of rotatable bonds is 8. The monoisotopic (exact) mass is 495 g/mol. The predicted octanol–water partition coefficient (Wildman–Crippen LogP) is 4.33. The summed E-state index contributed by atoms with van der Waals surface area (Å²) in [6.45, 7) is 6.19. The first kappa shape index (κ1) is 24.7. The lowest BCUT2D eigenvalue weighted by atomic mass is 9.88. The van der Waals surface area contributed by atoms with Gasteiger partial charge in [-0.3, -0.25) is 9.59 Å². The number of hydrogen-bond donors (Lipinski definition) is 1. The number of thiophene rings is 1. The fourth-order valence-corrected chi connectivity index (χ4v) is 5.39. The first-order valence-electron chi connectivity index (χ1n) is 11.7. The smallest absolute Gasteiger partial charge is 0.341 e. The Kier molecular flexibility index (Phi) is 7.65. The average Bonchev–Trinajstić information content (AvgIpc) is 3.17. The maximum Gasteiger partial charge on any atom is 0.341 e. The average molecular weight is 496 g/mol. The van der Waals surface area contributed by atoms with E-state index in [1.807, 2.05) is 30.3 Å². The van der Waals surface area contributed by atoms with Crippen molar-refractivity contribution >= 4 is 28.2 Å². The van der Waals surface area contributed by atoms with Crippen molar-refractivity contribution < 1.29 is 19.1 Å². The molecule has 0 radical (unpaired) electrons. The van der Waals surface area contributed by atoms with Gasteiger partial charge in [-0.15, -0.1) is 11.3 Å². The van der Waals surface area contributed by atoms with E-state index in [2.05, 4.69) is 17.3 Å². The van der Waals surface area contributed by atoms with Crippen LogP contribution < -0.4 is 15.6 Å². The van der Waals surface area contributed by atoms with Gasteiger partial charge >= 0.3 is 5.97 Å². The number of nitrogens with zero attached hydrogens (tertiary/aromatic N) is 2. The minimum atomic E-state index is -0.493. The number of nitrogens with one attached hydrogen (secondary N) is 1. The molecule has 1 aliphatic rings. The Labute approximate surface area is 207 Å². The molecule has 0 unspecified atom stereocenters. The van der Waals surface area contributed by atoms with Gasteiger partial charge in [-0.2, -0.15) is 5.10 Å². The second-order valence-corrected chi connectivity index (χ2v) is 10.0. The number of benzene rings is 1. The standard InChI is InChI=1S/C26H29N3O5S/c1-16(2)34-26(32)23-19-10-9-17(3)15-21(19)35-25(23)27-24(31)20-11-12-22(30)29(28-20)13-14-33-18-7-5-4-6-8-18/h4-8,11-12,16-17H,9-10,13-15H2,1-3H3,(H,27,31)/t17-/m1/s1. The van der Waals surface area contributed by atoms with Gasteiger partial charge in [-0.05, 0) is 62.8 Å². The molecular weight excluding hydrogens is 466 g/mol. The van der Waals surface area contributed by atoms with Crippen LogP contribution >= 0.6 is 11.3 Å². The highest BCUT2D eigenvalue weighted by atomic mass is 32.1. The maximum absolute atomic E-state index is 13.1. The Morgan fingerprint density at radius 3 is 2.71 bits per heavy atom. The van der Waals surface area contributed by atoms with E-state index in [0.717, 1.165) is 29.7 Å². The van der Waals surface area contributed by atoms with Crippen molar-refractivity contribution in [3.8, 4) is 5.75 Å². The molecular formula is C26H29N3O5S. The Morgan fingerprint density at radius 2 is 1.97 bits per heavy atom. The minimum Gasteiger partial charge on any atom is -0.492 e. The summed E-state index contributed by atoms with van der Waals surface area (Å²) in [5.41, 5.74) is 1.14. The summed E-state index contributed by atoms with van der Waals surface area (Å²) in [5, 5.41) is 7.53. The van der Waals surface area contributed by atoms with E-state index in [4.69, 9.17) is 9.47 Å². The minimum absolute atomic E-state index is 0.0761. The van der Waals surface area contributed by atoms with Crippen LogP contribution in [-0.4, -0.2) is 34.4 Å².